The number of urea groups is 1. The predicted octanol–water partition coefficient (Wildman–Crippen LogP) is 2.99. The Kier molecular flexibility index (Phi) is 7.29. The molecule has 1 saturated heterocycles. The van der Waals surface area contributed by atoms with Crippen molar-refractivity contribution in [3.05, 3.63) is 29.8 Å². The Morgan fingerprint density at radius 2 is 2.00 bits per heavy atom. The number of hydrogen-bond acceptors (Lipinski definition) is 4. The molecule has 1 saturated carbocycles. The molecule has 2 N–H and O–H groups in total. The molecule has 1 heterocycles. The maximum Gasteiger partial charge on any atom is 0.319 e. The van der Waals surface area contributed by atoms with E-state index >= 15 is 0 Å². The number of nitrogens with one attached hydrogen (secondary N) is 2. The number of ether oxygens (including phenoxy) is 2. The maximum absolute atomic E-state index is 12.3. The average molecular weight is 361 g/mol. The molecule has 0 bridgehead atoms. The second-order valence-electron chi connectivity index (χ2n) is 7.27. The SMILES string of the molecule is CN(Cc1ccccc1NC(=O)NCC1COCCO1)C1CCCCC1. The Morgan fingerprint density at radius 1 is 1.19 bits per heavy atom. The van der Waals surface area contributed by atoms with E-state index in [-0.39, 0.29) is 12.1 Å². The molecule has 2 aliphatic rings. The van der Waals surface area contributed by atoms with Crippen molar-refractivity contribution in [2.75, 3.05) is 38.7 Å². The first-order valence-corrected chi connectivity index (χ1v) is 9.74. The molecular weight excluding hydrogens is 330 g/mol. The Morgan fingerprint density at radius 3 is 2.77 bits per heavy atom. The Hall–Kier alpha value is -1.63. The fourth-order valence-electron chi connectivity index (χ4n) is 3.73. The number of benzene rings is 1. The molecule has 1 aromatic carbocycles. The lowest BCUT2D eigenvalue weighted by Gasteiger charge is -2.31. The van der Waals surface area contributed by atoms with Gasteiger partial charge in [0.2, 0.25) is 0 Å². The summed E-state index contributed by atoms with van der Waals surface area (Å²) in [5, 5.41) is 5.86. The summed E-state index contributed by atoms with van der Waals surface area (Å²) >= 11 is 0. The van der Waals surface area contributed by atoms with Crippen LogP contribution in [0.4, 0.5) is 10.5 Å². The molecule has 3 rings (SSSR count). The van der Waals surface area contributed by atoms with Gasteiger partial charge in [-0.15, -0.1) is 0 Å². The van der Waals surface area contributed by atoms with Gasteiger partial charge in [0.05, 0.1) is 25.9 Å². The lowest BCUT2D eigenvalue weighted by atomic mass is 9.94. The van der Waals surface area contributed by atoms with Crippen molar-refractivity contribution in [3.63, 3.8) is 0 Å². The number of anilines is 1. The van der Waals surface area contributed by atoms with Crippen molar-refractivity contribution in [3.8, 4) is 0 Å². The maximum atomic E-state index is 12.3. The van der Waals surface area contributed by atoms with Crippen LogP contribution in [0.25, 0.3) is 0 Å². The van der Waals surface area contributed by atoms with Crippen molar-refractivity contribution in [2.24, 2.45) is 0 Å². The smallest absolute Gasteiger partial charge is 0.319 e. The number of carbonyl (C=O) groups excluding carboxylic acids is 1. The number of hydrogen-bond donors (Lipinski definition) is 2. The van der Waals surface area contributed by atoms with Gasteiger partial charge >= 0.3 is 6.03 Å². The number of carbonyl (C=O) groups is 1. The second-order valence-corrected chi connectivity index (χ2v) is 7.27. The molecule has 1 atom stereocenters. The molecule has 144 valence electrons. The van der Waals surface area contributed by atoms with Gasteiger partial charge in [-0.2, -0.15) is 0 Å². The molecule has 6 nitrogen and oxygen atoms in total. The molecule has 1 aliphatic carbocycles. The predicted molar refractivity (Wildman–Crippen MR) is 102 cm³/mol. The third-order valence-corrected chi connectivity index (χ3v) is 5.26. The zero-order chi connectivity index (χ0) is 18.2. The van der Waals surface area contributed by atoms with Gasteiger partial charge in [-0.3, -0.25) is 4.90 Å². The van der Waals surface area contributed by atoms with Gasteiger partial charge in [0.15, 0.2) is 0 Å². The normalized spacial score (nSPS) is 21.5. The summed E-state index contributed by atoms with van der Waals surface area (Å²) in [4.78, 5) is 14.7. The first-order chi connectivity index (χ1) is 12.7. The molecule has 1 aromatic rings. The standard InChI is InChI=1S/C20H31N3O3/c1-23(17-8-3-2-4-9-17)14-16-7-5-6-10-19(16)22-20(24)21-13-18-15-25-11-12-26-18/h5-7,10,17-18H,2-4,8-9,11-15H2,1H3,(H2,21,22,24). The number of para-hydroxylation sites is 1. The fourth-order valence-corrected chi connectivity index (χ4v) is 3.73. The lowest BCUT2D eigenvalue weighted by molar-refractivity contribution is -0.0852. The van der Waals surface area contributed by atoms with Crippen LogP contribution in [0.5, 0.6) is 0 Å². The van der Waals surface area contributed by atoms with Gasteiger partial charge in [0.25, 0.3) is 0 Å². The first kappa shape index (κ1) is 19.1. The van der Waals surface area contributed by atoms with Crippen molar-refractivity contribution in [2.45, 2.75) is 50.8 Å². The first-order valence-electron chi connectivity index (χ1n) is 9.74. The molecule has 26 heavy (non-hydrogen) atoms. The summed E-state index contributed by atoms with van der Waals surface area (Å²) in [6.45, 7) is 3.05. The Balaban J connectivity index is 1.51. The molecule has 2 fully saturated rings. The molecule has 0 aromatic heterocycles. The summed E-state index contributed by atoms with van der Waals surface area (Å²) in [6.07, 6.45) is 6.49. The van der Waals surface area contributed by atoms with Crippen molar-refractivity contribution < 1.29 is 14.3 Å². The summed E-state index contributed by atoms with van der Waals surface area (Å²) in [5.74, 6) is 0. The van der Waals surface area contributed by atoms with Crippen LogP contribution in [-0.4, -0.2) is 56.5 Å². The molecular formula is C20H31N3O3. The third-order valence-electron chi connectivity index (χ3n) is 5.26. The Bertz CT molecular complexity index is 569. The molecule has 2 amide bonds. The lowest BCUT2D eigenvalue weighted by Crippen LogP contribution is -2.41. The highest BCUT2D eigenvalue weighted by atomic mass is 16.6. The van der Waals surface area contributed by atoms with Gasteiger partial charge < -0.3 is 20.1 Å². The van der Waals surface area contributed by atoms with Crippen LogP contribution in [0.3, 0.4) is 0 Å². The van der Waals surface area contributed by atoms with E-state index in [2.05, 4.69) is 28.6 Å². The largest absolute Gasteiger partial charge is 0.376 e. The van der Waals surface area contributed by atoms with Crippen LogP contribution in [0, 0.1) is 0 Å². The van der Waals surface area contributed by atoms with Gasteiger partial charge in [0.1, 0.15) is 0 Å². The summed E-state index contributed by atoms with van der Waals surface area (Å²) in [5.41, 5.74) is 2.02. The minimum Gasteiger partial charge on any atom is -0.376 e. The number of amides is 2. The van der Waals surface area contributed by atoms with Crippen LogP contribution < -0.4 is 10.6 Å². The van der Waals surface area contributed by atoms with Gasteiger partial charge in [-0.25, -0.2) is 4.79 Å². The highest BCUT2D eigenvalue weighted by Gasteiger charge is 2.19. The zero-order valence-corrected chi connectivity index (χ0v) is 15.7. The molecule has 0 spiro atoms. The summed E-state index contributed by atoms with van der Waals surface area (Å²) in [6, 6.07) is 8.48. The van der Waals surface area contributed by atoms with Crippen molar-refractivity contribution in [1.29, 1.82) is 0 Å². The van der Waals surface area contributed by atoms with Crippen LogP contribution in [0.15, 0.2) is 24.3 Å². The number of rotatable bonds is 6. The van der Waals surface area contributed by atoms with Gasteiger partial charge in [-0.05, 0) is 31.5 Å². The van der Waals surface area contributed by atoms with E-state index in [1.807, 2.05) is 18.2 Å². The second kappa shape index (κ2) is 9.90. The molecule has 0 radical (unpaired) electrons. The highest BCUT2D eigenvalue weighted by molar-refractivity contribution is 5.90. The molecule has 1 aliphatic heterocycles. The van der Waals surface area contributed by atoms with E-state index in [9.17, 15) is 4.79 Å². The van der Waals surface area contributed by atoms with E-state index in [0.29, 0.717) is 32.4 Å². The number of nitrogens with zero attached hydrogens (tertiary/aromatic N) is 1. The van der Waals surface area contributed by atoms with E-state index in [0.717, 1.165) is 17.8 Å². The molecule has 1 unspecified atom stereocenters. The van der Waals surface area contributed by atoms with E-state index < -0.39 is 0 Å². The van der Waals surface area contributed by atoms with Crippen LogP contribution >= 0.6 is 0 Å². The summed E-state index contributed by atoms with van der Waals surface area (Å²) < 4.78 is 10.9. The van der Waals surface area contributed by atoms with Crippen molar-refractivity contribution in [1.82, 2.24) is 10.2 Å². The minimum atomic E-state index is -0.202. The van der Waals surface area contributed by atoms with Gasteiger partial charge in [-0.1, -0.05) is 37.5 Å². The zero-order valence-electron chi connectivity index (χ0n) is 15.7. The van der Waals surface area contributed by atoms with Gasteiger partial charge in [0, 0.05) is 24.8 Å². The highest BCUT2D eigenvalue weighted by Crippen LogP contribution is 2.24. The van der Waals surface area contributed by atoms with E-state index in [1.165, 1.54) is 32.1 Å². The average Bonchev–Trinajstić information content (AvgIpc) is 2.69. The third kappa shape index (κ3) is 5.69. The van der Waals surface area contributed by atoms with Crippen LogP contribution in [0.1, 0.15) is 37.7 Å². The topological polar surface area (TPSA) is 62.8 Å². The molecule has 6 heteroatoms. The minimum absolute atomic E-state index is 0.0674. The summed E-state index contributed by atoms with van der Waals surface area (Å²) in [7, 11) is 2.19. The quantitative estimate of drug-likeness (QED) is 0.818. The fraction of sp³-hybridized carbons (Fsp3) is 0.650. The van der Waals surface area contributed by atoms with E-state index in [4.69, 9.17) is 9.47 Å². The van der Waals surface area contributed by atoms with Crippen LogP contribution in [-0.2, 0) is 16.0 Å². The van der Waals surface area contributed by atoms with Crippen LogP contribution in [0.2, 0.25) is 0 Å². The van der Waals surface area contributed by atoms with Crippen molar-refractivity contribution >= 4 is 11.7 Å². The Labute approximate surface area is 156 Å². The van der Waals surface area contributed by atoms with E-state index in [1.54, 1.807) is 0 Å². The monoisotopic (exact) mass is 361 g/mol.